The van der Waals surface area contributed by atoms with Gasteiger partial charge in [-0.1, -0.05) is 6.07 Å². The molecule has 11 heteroatoms. The Bertz CT molecular complexity index is 1510. The van der Waals surface area contributed by atoms with Crippen LogP contribution >= 0.6 is 0 Å². The molecule has 0 saturated carbocycles. The van der Waals surface area contributed by atoms with Gasteiger partial charge in [-0.2, -0.15) is 13.2 Å². The first kappa shape index (κ1) is 21.4. The van der Waals surface area contributed by atoms with Crippen molar-refractivity contribution in [2.75, 3.05) is 11.9 Å². The molecule has 178 valence electrons. The first-order valence-corrected chi connectivity index (χ1v) is 10.7. The van der Waals surface area contributed by atoms with Gasteiger partial charge in [-0.05, 0) is 35.4 Å². The first-order chi connectivity index (χ1) is 16.8. The van der Waals surface area contributed by atoms with Crippen molar-refractivity contribution in [1.82, 2.24) is 14.4 Å². The lowest BCUT2D eigenvalue weighted by molar-refractivity contribution is -0.137. The van der Waals surface area contributed by atoms with Crippen LogP contribution in [0.15, 0.2) is 42.9 Å². The number of carbonyl (C=O) groups excluding carboxylic acids is 1. The van der Waals surface area contributed by atoms with Crippen molar-refractivity contribution in [2.45, 2.75) is 25.7 Å². The molecule has 1 N–H and O–H groups in total. The molecule has 2 aromatic heterocycles. The minimum atomic E-state index is -4.54. The topological polar surface area (TPSA) is 77.8 Å². The number of rotatable bonds is 3. The highest BCUT2D eigenvalue weighted by Gasteiger charge is 2.32. The number of benzene rings is 2. The van der Waals surface area contributed by atoms with E-state index in [4.69, 9.17) is 9.47 Å². The van der Waals surface area contributed by atoms with Crippen molar-refractivity contribution in [1.29, 1.82) is 0 Å². The third-order valence-electron chi connectivity index (χ3n) is 6.21. The summed E-state index contributed by atoms with van der Waals surface area (Å²) in [5.74, 6) is -0.229. The zero-order chi connectivity index (χ0) is 24.3. The smallest absolute Gasteiger partial charge is 0.416 e. The molecule has 2 aliphatic heterocycles. The van der Waals surface area contributed by atoms with Crippen LogP contribution in [0.25, 0.3) is 16.6 Å². The Hall–Kier alpha value is -4.15. The molecule has 4 aromatic rings. The number of alkyl halides is 3. The Morgan fingerprint density at radius 1 is 1.09 bits per heavy atom. The van der Waals surface area contributed by atoms with Crippen LogP contribution in [-0.2, 0) is 30.5 Å². The maximum Gasteiger partial charge on any atom is 0.416 e. The molecule has 0 radical (unpaired) electrons. The molecule has 0 amide bonds. The van der Waals surface area contributed by atoms with E-state index in [-0.39, 0.29) is 36.2 Å². The van der Waals surface area contributed by atoms with Gasteiger partial charge in [0.25, 0.3) is 0 Å². The summed E-state index contributed by atoms with van der Waals surface area (Å²) in [4.78, 5) is 21.2. The van der Waals surface area contributed by atoms with Crippen molar-refractivity contribution >= 4 is 17.4 Å². The lowest BCUT2D eigenvalue weighted by Gasteiger charge is -2.18. The lowest BCUT2D eigenvalue weighted by Crippen LogP contribution is -2.14. The normalized spacial score (nSPS) is 14.6. The molecule has 0 spiro atoms. The van der Waals surface area contributed by atoms with Gasteiger partial charge in [-0.3, -0.25) is 4.40 Å². The van der Waals surface area contributed by atoms with E-state index in [1.165, 1.54) is 29.1 Å². The Balaban J connectivity index is 1.44. The summed E-state index contributed by atoms with van der Waals surface area (Å²) in [6, 6.07) is 6.22. The van der Waals surface area contributed by atoms with Gasteiger partial charge in [0.2, 0.25) is 5.95 Å². The predicted octanol–water partition coefficient (Wildman–Crippen LogP) is 4.77. The number of ether oxygens (including phenoxy) is 2. The fourth-order valence-electron chi connectivity index (χ4n) is 4.53. The maximum atomic E-state index is 14.5. The molecule has 2 aliphatic rings. The number of imidazole rings is 1. The van der Waals surface area contributed by atoms with E-state index in [1.54, 1.807) is 6.07 Å². The molecule has 0 bridgehead atoms. The monoisotopic (exact) mass is 484 g/mol. The van der Waals surface area contributed by atoms with Crippen molar-refractivity contribution in [2.24, 2.45) is 0 Å². The minimum absolute atomic E-state index is 0.0104. The molecule has 6 rings (SSSR count). The Kier molecular flexibility index (Phi) is 4.70. The van der Waals surface area contributed by atoms with Crippen LogP contribution in [0.5, 0.6) is 5.75 Å². The minimum Gasteiger partial charge on any atom is -0.493 e. The van der Waals surface area contributed by atoms with Crippen LogP contribution in [0.2, 0.25) is 0 Å². The second-order valence-corrected chi connectivity index (χ2v) is 8.21. The van der Waals surface area contributed by atoms with Crippen LogP contribution in [0.3, 0.4) is 0 Å². The average Bonchev–Trinajstić information content (AvgIpc) is 3.48. The number of carbonyl (C=O) groups is 1. The number of cyclic esters (lactones) is 1. The molecule has 35 heavy (non-hydrogen) atoms. The second kappa shape index (κ2) is 7.69. The summed E-state index contributed by atoms with van der Waals surface area (Å²) in [6.07, 6.45) is -1.12. The Morgan fingerprint density at radius 3 is 2.77 bits per heavy atom. The van der Waals surface area contributed by atoms with E-state index >= 15 is 0 Å². The molecule has 0 unspecified atom stereocenters. The fraction of sp³-hybridized carbons (Fsp3) is 0.208. The number of anilines is 1. The molecule has 2 aromatic carbocycles. The molecule has 0 aliphatic carbocycles. The summed E-state index contributed by atoms with van der Waals surface area (Å²) in [7, 11) is 0. The zero-order valence-corrected chi connectivity index (χ0v) is 17.9. The molecule has 0 saturated heterocycles. The predicted molar refractivity (Wildman–Crippen MR) is 115 cm³/mol. The van der Waals surface area contributed by atoms with Crippen LogP contribution in [0.1, 0.15) is 32.7 Å². The van der Waals surface area contributed by atoms with E-state index in [2.05, 4.69) is 15.3 Å². The number of esters is 1. The van der Waals surface area contributed by atoms with Gasteiger partial charge in [-0.15, -0.1) is 0 Å². The molecule has 7 nitrogen and oxygen atoms in total. The van der Waals surface area contributed by atoms with Crippen molar-refractivity contribution < 1.29 is 31.8 Å². The van der Waals surface area contributed by atoms with Gasteiger partial charge >= 0.3 is 12.1 Å². The number of nitrogens with one attached hydrogen (secondary N) is 1. The van der Waals surface area contributed by atoms with Crippen molar-refractivity contribution in [3.63, 3.8) is 0 Å². The van der Waals surface area contributed by atoms with E-state index in [1.807, 2.05) is 0 Å². The van der Waals surface area contributed by atoms with Crippen molar-refractivity contribution in [3.05, 3.63) is 76.6 Å². The van der Waals surface area contributed by atoms with Gasteiger partial charge in [0.1, 0.15) is 24.5 Å². The number of halogens is 4. The highest BCUT2D eigenvalue weighted by atomic mass is 19.4. The highest BCUT2D eigenvalue weighted by molar-refractivity contribution is 6.01. The zero-order valence-electron chi connectivity index (χ0n) is 17.9. The van der Waals surface area contributed by atoms with Gasteiger partial charge in [0.15, 0.2) is 5.69 Å². The van der Waals surface area contributed by atoms with Gasteiger partial charge in [0, 0.05) is 35.9 Å². The summed E-state index contributed by atoms with van der Waals surface area (Å²) in [5.41, 5.74) is 1.81. The lowest BCUT2D eigenvalue weighted by atomic mass is 9.97. The maximum absolute atomic E-state index is 14.5. The molecule has 4 heterocycles. The Morgan fingerprint density at radius 2 is 1.94 bits per heavy atom. The third kappa shape index (κ3) is 3.46. The third-order valence-corrected chi connectivity index (χ3v) is 6.21. The summed E-state index contributed by atoms with van der Waals surface area (Å²) in [6.45, 7) is 0.242. The largest absolute Gasteiger partial charge is 0.493 e. The molecular weight excluding hydrogens is 468 g/mol. The molecular formula is C24H16F4N4O3. The number of fused-ring (bicyclic) bond motifs is 3. The van der Waals surface area contributed by atoms with Crippen LogP contribution < -0.4 is 10.1 Å². The van der Waals surface area contributed by atoms with Crippen LogP contribution in [-0.4, -0.2) is 26.9 Å². The summed E-state index contributed by atoms with van der Waals surface area (Å²) in [5, 5.41) is 3.08. The fourth-order valence-corrected chi connectivity index (χ4v) is 4.53. The van der Waals surface area contributed by atoms with Crippen LogP contribution in [0.4, 0.5) is 23.5 Å². The number of hydrogen-bond donors (Lipinski definition) is 1. The quantitative estimate of drug-likeness (QED) is 0.334. The summed E-state index contributed by atoms with van der Waals surface area (Å²) < 4.78 is 66.5. The van der Waals surface area contributed by atoms with Gasteiger partial charge in [-0.25, -0.2) is 19.2 Å². The van der Waals surface area contributed by atoms with Crippen molar-refractivity contribution in [3.8, 4) is 16.9 Å². The average molecular weight is 484 g/mol. The van der Waals surface area contributed by atoms with E-state index in [0.29, 0.717) is 41.0 Å². The van der Waals surface area contributed by atoms with Gasteiger partial charge < -0.3 is 14.8 Å². The van der Waals surface area contributed by atoms with E-state index in [9.17, 15) is 22.4 Å². The van der Waals surface area contributed by atoms with Gasteiger partial charge in [0.05, 0.1) is 17.7 Å². The second-order valence-electron chi connectivity index (χ2n) is 8.21. The summed E-state index contributed by atoms with van der Waals surface area (Å²) >= 11 is 0. The molecule has 0 fully saturated rings. The van der Waals surface area contributed by atoms with Crippen LogP contribution in [0, 0.1) is 5.82 Å². The Labute approximate surface area is 195 Å². The SMILES string of the molecule is O=C1OCc2cc(C(F)(F)F)ccc2-c2cnc(NCc3c(F)ccc4c3CCO4)n3cnc1c23. The number of aromatic nitrogens is 3. The van der Waals surface area contributed by atoms with E-state index in [0.717, 1.165) is 17.7 Å². The first-order valence-electron chi connectivity index (χ1n) is 10.7. The van der Waals surface area contributed by atoms with E-state index < -0.39 is 17.7 Å². The number of hydrogen-bond acceptors (Lipinski definition) is 6. The molecule has 0 atom stereocenters. The number of nitrogens with zero attached hydrogens (tertiary/aromatic N) is 3. The highest BCUT2D eigenvalue weighted by Crippen LogP contribution is 2.38. The standard InChI is InChI=1S/C24H16F4N4O3/c25-18-3-4-19-15(5-6-34-19)16(18)8-29-23-30-9-17-14-2-1-13(24(26,27)28)7-12(14)10-35-22(33)20-21(17)32(23)11-31-20/h1-4,7,9,11H,5-6,8,10H2,(H,29,30).